The summed E-state index contributed by atoms with van der Waals surface area (Å²) in [5.41, 5.74) is 17.6. The van der Waals surface area contributed by atoms with E-state index in [0.29, 0.717) is 118 Å². The van der Waals surface area contributed by atoms with Crippen LogP contribution >= 0.6 is 34.8 Å². The van der Waals surface area contributed by atoms with Crippen molar-refractivity contribution in [2.75, 3.05) is 127 Å². The second-order valence-electron chi connectivity index (χ2n) is 29.5. The van der Waals surface area contributed by atoms with Crippen molar-refractivity contribution in [1.29, 1.82) is 0 Å². The number of H-pyrrole nitrogens is 5. The van der Waals surface area contributed by atoms with E-state index in [1.807, 2.05) is 99.0 Å². The molecule has 29 nitrogen and oxygen atoms in total. The van der Waals surface area contributed by atoms with Crippen molar-refractivity contribution in [3.63, 3.8) is 0 Å². The van der Waals surface area contributed by atoms with Crippen LogP contribution in [0.15, 0.2) is 109 Å². The molecule has 586 valence electrons. The van der Waals surface area contributed by atoms with E-state index in [0.717, 1.165) is 154 Å². The molecular weight excluding hydrogens is 1510 g/mol. The molecule has 6 aromatic heterocycles. The number of benzene rings is 5. The number of fused-ring (bicyclic) bond motifs is 5. The molecule has 5 aromatic carbocycles. The highest BCUT2D eigenvalue weighted by atomic mass is 35.5. The number of rotatable bonds is 11. The van der Waals surface area contributed by atoms with E-state index in [4.69, 9.17) is 54.8 Å². The molecule has 110 heavy (non-hydrogen) atoms. The number of hydrogen-bond acceptors (Lipinski definition) is 18. The van der Waals surface area contributed by atoms with Gasteiger partial charge in [0.15, 0.2) is 0 Å². The summed E-state index contributed by atoms with van der Waals surface area (Å²) in [4.78, 5) is 48.4. The smallest absolute Gasteiger partial charge is 0.314 e. The maximum absolute atomic E-state index is 12.1. The van der Waals surface area contributed by atoms with Crippen LogP contribution in [0, 0.1) is 0 Å². The Morgan fingerprint density at radius 3 is 1.36 bits per heavy atom. The first kappa shape index (κ1) is 79.2. The van der Waals surface area contributed by atoms with Crippen LogP contribution in [0.3, 0.4) is 0 Å². The van der Waals surface area contributed by atoms with Crippen molar-refractivity contribution in [3.8, 4) is 11.5 Å². The summed E-state index contributed by atoms with van der Waals surface area (Å²) in [6, 6.07) is 19.8. The molecule has 6 fully saturated rings. The number of aromatic amines is 5. The van der Waals surface area contributed by atoms with Gasteiger partial charge in [0.2, 0.25) is 37.8 Å². The van der Waals surface area contributed by atoms with Crippen LogP contribution in [0.2, 0.25) is 15.1 Å². The number of carbonyl (C=O) groups excluding carboxylic acids is 3. The van der Waals surface area contributed by atoms with Gasteiger partial charge in [0.25, 0.3) is 0 Å². The lowest BCUT2D eigenvalue weighted by Gasteiger charge is -2.46. The molecule has 17 rings (SSSR count). The van der Waals surface area contributed by atoms with Crippen molar-refractivity contribution in [2.24, 2.45) is 5.73 Å². The Morgan fingerprint density at radius 2 is 0.945 bits per heavy atom. The normalized spacial score (nSPS) is 18.2. The number of anilines is 2. The molecule has 11 aromatic rings. The number of halogens is 3. The van der Waals surface area contributed by atoms with Crippen LogP contribution < -0.4 is 15.5 Å². The highest BCUT2D eigenvalue weighted by Gasteiger charge is 2.40. The molecule has 0 unspecified atom stereocenters. The van der Waals surface area contributed by atoms with Gasteiger partial charge in [-0.1, -0.05) is 41.7 Å². The van der Waals surface area contributed by atoms with Crippen LogP contribution in [-0.2, 0) is 34.4 Å². The zero-order valence-corrected chi connectivity index (χ0v) is 66.2. The third kappa shape index (κ3) is 18.3. The maximum atomic E-state index is 12.1. The number of aliphatic hydroxyl groups excluding tert-OH is 1. The third-order valence-corrected chi connectivity index (χ3v) is 25.4. The van der Waals surface area contributed by atoms with E-state index < -0.39 is 32.2 Å². The van der Waals surface area contributed by atoms with Crippen LogP contribution in [-0.4, -0.2) is 242 Å². The molecule has 34 heteroatoms. The first-order chi connectivity index (χ1) is 52.8. The molecular formula is C76H94Cl3N19O10S2. The van der Waals surface area contributed by atoms with Gasteiger partial charge in [-0.2, -0.15) is 34.1 Å². The lowest BCUT2D eigenvalue weighted by Crippen LogP contribution is -2.60. The van der Waals surface area contributed by atoms with E-state index in [-0.39, 0.29) is 17.8 Å². The minimum atomic E-state index is -3.25. The zero-order chi connectivity index (χ0) is 77.6. The molecule has 0 saturated carbocycles. The lowest BCUT2D eigenvalue weighted by molar-refractivity contribution is -0.135. The SMILES string of the molecule is CC1(C)CN(c2cc(-c3ncco3)cc3[nH]ncc23)CCN1S(C)(=O)=O.CCC(=O)N1CCC(c2cc(Cl)cc3[nH]ncc23)CC1.CS(=O)(=O)N1CCN(c2cc(C3CCOCC3)cc3[nH]ncc23)CC1.NC(=O)N1CCC(c2cc(Cl)cc3[nH]ncc23)CC1.O=C(CO)N1CCC(c2cc(Cl)cc3[nH]ncc23)CC1. The van der Waals surface area contributed by atoms with E-state index in [1.165, 1.54) is 34.8 Å². The summed E-state index contributed by atoms with van der Waals surface area (Å²) in [7, 11) is -6.37. The van der Waals surface area contributed by atoms with Crippen LogP contribution in [0.4, 0.5) is 16.2 Å². The van der Waals surface area contributed by atoms with Crippen molar-refractivity contribution in [1.82, 2.24) is 79.3 Å². The Balaban J connectivity index is 0.000000122. The predicted octanol–water partition coefficient (Wildman–Crippen LogP) is 11.3. The highest BCUT2D eigenvalue weighted by molar-refractivity contribution is 7.88. The fraction of sp³-hybridized carbons (Fsp3) is 0.461. The zero-order valence-electron chi connectivity index (χ0n) is 62.3. The van der Waals surface area contributed by atoms with E-state index >= 15 is 0 Å². The quantitative estimate of drug-likeness (QED) is 0.0632. The molecule has 0 atom stereocenters. The number of aliphatic hydroxyl groups is 1. The lowest BCUT2D eigenvalue weighted by atomic mass is 9.87. The molecule has 0 bridgehead atoms. The summed E-state index contributed by atoms with van der Waals surface area (Å²) in [5, 5.41) is 52.1. The summed E-state index contributed by atoms with van der Waals surface area (Å²) in [6.45, 7) is 15.5. The summed E-state index contributed by atoms with van der Waals surface area (Å²) < 4.78 is 61.7. The van der Waals surface area contributed by atoms with E-state index in [2.05, 4.69) is 77.9 Å². The molecule has 6 aliphatic rings. The van der Waals surface area contributed by atoms with Crippen LogP contribution in [0.25, 0.3) is 66.0 Å². The van der Waals surface area contributed by atoms with Gasteiger partial charge in [-0.3, -0.25) is 35.1 Å². The number of nitrogens with one attached hydrogen (secondary N) is 5. The second-order valence-corrected chi connectivity index (χ2v) is 34.7. The van der Waals surface area contributed by atoms with Crippen LogP contribution in [0.5, 0.6) is 0 Å². The van der Waals surface area contributed by atoms with Crippen LogP contribution in [0.1, 0.15) is 124 Å². The molecule has 6 aliphatic heterocycles. The number of hydrogen-bond donors (Lipinski definition) is 7. The Labute approximate surface area is 652 Å². The maximum Gasteiger partial charge on any atom is 0.314 e. The Morgan fingerprint density at radius 1 is 0.518 bits per heavy atom. The molecule has 4 amide bonds. The van der Waals surface area contributed by atoms with Gasteiger partial charge in [-0.05, 0) is 172 Å². The number of piperazine rings is 2. The Bertz CT molecular complexity index is 5150. The number of primary amides is 1. The summed E-state index contributed by atoms with van der Waals surface area (Å²) >= 11 is 18.5. The first-order valence-corrected chi connectivity index (χ1v) is 42.1. The van der Waals surface area contributed by atoms with Crippen molar-refractivity contribution in [2.45, 2.75) is 108 Å². The predicted molar refractivity (Wildman–Crippen MR) is 428 cm³/mol. The van der Waals surface area contributed by atoms with Gasteiger partial charge in [-0.15, -0.1) is 0 Å². The average molecular weight is 1600 g/mol. The van der Waals surface area contributed by atoms with Crippen molar-refractivity contribution >= 4 is 139 Å². The third-order valence-electron chi connectivity index (χ3n) is 22.0. The number of aromatic nitrogens is 11. The standard InChI is InChI=1S/C17H21N5O3S.C17H24N4O3S.C15H18ClN3O.C14H16ClN3O2.C13H15ClN4O/c1-17(2)11-21(5-6-22(17)26(3,23)24)15-9-12(16-18-4-7-25-16)8-14-13(15)10-19-20-14;1-25(22,23)21-6-4-20(5-7-21)17-11-14(13-2-8-24-9-3-13)10-16-15(17)12-18-19-16;1-2-15(20)19-5-3-10(4-6-19)12-7-11(16)8-14-13(12)9-17-18-14;15-10-5-11(12-7-16-17-13(12)6-10)9-1-3-18(4-2-9)14(20)8-19;14-9-5-10(11-7-16-17-12(11)6-9)8-1-3-18(4-2-8)13(15)19/h4,7-10H,5-6,11H2,1-3H3,(H,19,20);10-13H,2-9H2,1H3,(H,18,19);7-10H,2-6H2,1H3,(H,17,18);5-7,9,19H,1-4,8H2,(H,16,17);5-8H,1-4H2,(H2,15,19)(H,16,17). The van der Waals surface area contributed by atoms with Gasteiger partial charge in [0, 0.05) is 169 Å². The molecule has 0 spiro atoms. The topological polar surface area (TPSA) is 367 Å². The number of sulfonamides is 2. The number of nitrogens with zero attached hydrogens (tertiary/aromatic N) is 13. The van der Waals surface area contributed by atoms with Crippen molar-refractivity contribution < 1.29 is 45.5 Å². The number of piperidine rings is 3. The number of urea groups is 1. The molecule has 12 heterocycles. The number of nitrogens with two attached hydrogens (primary N) is 1. The number of ether oxygens (including phenoxy) is 1. The number of likely N-dealkylation sites (tertiary alicyclic amines) is 3. The second kappa shape index (κ2) is 34.4. The Kier molecular flexibility index (Phi) is 24.7. The molecule has 8 N–H and O–H groups in total. The minimum absolute atomic E-state index is 0.192. The van der Waals surface area contributed by atoms with E-state index in [9.17, 15) is 31.2 Å². The molecule has 0 aliphatic carbocycles. The fourth-order valence-electron chi connectivity index (χ4n) is 16.3. The van der Waals surface area contributed by atoms with Gasteiger partial charge in [0.1, 0.15) is 12.9 Å². The molecule has 6 saturated heterocycles. The average Bonchev–Trinajstić information content (AvgIpc) is 1.25. The molecule has 0 radical (unpaired) electrons. The summed E-state index contributed by atoms with van der Waals surface area (Å²) in [6.07, 6.45) is 23.1. The van der Waals surface area contributed by atoms with Gasteiger partial charge >= 0.3 is 6.03 Å². The Hall–Kier alpha value is -8.92. The first-order valence-electron chi connectivity index (χ1n) is 37.2. The monoisotopic (exact) mass is 1600 g/mol. The van der Waals surface area contributed by atoms with Gasteiger partial charge in [0.05, 0.1) is 77.3 Å². The van der Waals surface area contributed by atoms with Gasteiger partial charge in [-0.25, -0.2) is 26.6 Å². The van der Waals surface area contributed by atoms with Crippen molar-refractivity contribution in [3.05, 3.63) is 141 Å². The number of carbonyl (C=O) groups is 3. The van der Waals surface area contributed by atoms with E-state index in [1.54, 1.807) is 37.1 Å². The number of oxazole rings is 1. The largest absolute Gasteiger partial charge is 0.445 e. The van der Waals surface area contributed by atoms with Gasteiger partial charge < -0.3 is 44.5 Å². The fourth-order valence-corrected chi connectivity index (χ4v) is 19.2. The minimum Gasteiger partial charge on any atom is -0.445 e. The number of amides is 4. The highest BCUT2D eigenvalue weighted by Crippen LogP contribution is 2.41. The summed E-state index contributed by atoms with van der Waals surface area (Å²) in [5.74, 6) is 2.33.